The van der Waals surface area contributed by atoms with Gasteiger partial charge in [-0.15, -0.1) is 11.3 Å². The van der Waals surface area contributed by atoms with Gasteiger partial charge in [0.05, 0.1) is 11.1 Å². The van der Waals surface area contributed by atoms with E-state index in [9.17, 15) is 4.79 Å². The van der Waals surface area contributed by atoms with Crippen molar-refractivity contribution in [1.29, 1.82) is 0 Å². The third kappa shape index (κ3) is 4.73. The highest BCUT2D eigenvalue weighted by atomic mass is 32.1. The molecule has 0 saturated heterocycles. The van der Waals surface area contributed by atoms with Crippen LogP contribution in [0.3, 0.4) is 0 Å². The smallest absolute Gasteiger partial charge is 0.197 e. The van der Waals surface area contributed by atoms with E-state index in [1.165, 1.54) is 0 Å². The van der Waals surface area contributed by atoms with Gasteiger partial charge in [-0.2, -0.15) is 0 Å². The maximum Gasteiger partial charge on any atom is 0.197 e. The summed E-state index contributed by atoms with van der Waals surface area (Å²) in [6.07, 6.45) is 8.78. The van der Waals surface area contributed by atoms with Gasteiger partial charge in [0.2, 0.25) is 0 Å². The lowest BCUT2D eigenvalue weighted by Gasteiger charge is -2.28. The van der Waals surface area contributed by atoms with E-state index >= 15 is 0 Å². The van der Waals surface area contributed by atoms with Crippen LogP contribution in [0.25, 0.3) is 20.2 Å². The van der Waals surface area contributed by atoms with Crippen LogP contribution in [-0.4, -0.2) is 0 Å². The van der Waals surface area contributed by atoms with Gasteiger partial charge < -0.3 is 9.80 Å². The number of para-hydroxylation sites is 3. The Balaban J connectivity index is 1.42. The molecule has 5 aromatic carbocycles. The zero-order chi connectivity index (χ0) is 27.6. The van der Waals surface area contributed by atoms with Crippen molar-refractivity contribution in [2.45, 2.75) is 12.8 Å². The summed E-state index contributed by atoms with van der Waals surface area (Å²) >= 11 is 1.67. The van der Waals surface area contributed by atoms with Crippen LogP contribution >= 0.6 is 11.3 Å². The molecule has 0 unspecified atom stereocenters. The number of hydrogen-bond donors (Lipinski definition) is 0. The number of anilines is 5. The first kappa shape index (κ1) is 25.1. The number of hydrogen-bond acceptors (Lipinski definition) is 4. The van der Waals surface area contributed by atoms with E-state index in [-0.39, 0.29) is 5.43 Å². The fourth-order valence-corrected chi connectivity index (χ4v) is 6.70. The van der Waals surface area contributed by atoms with Crippen molar-refractivity contribution in [1.82, 2.24) is 0 Å². The molecule has 6 aromatic rings. The first-order valence-electron chi connectivity index (χ1n) is 13.9. The Hall–Kier alpha value is -4.93. The van der Waals surface area contributed by atoms with E-state index in [0.29, 0.717) is 0 Å². The molecule has 0 amide bonds. The van der Waals surface area contributed by atoms with Crippen molar-refractivity contribution in [3.63, 3.8) is 0 Å². The van der Waals surface area contributed by atoms with E-state index in [1.54, 1.807) is 11.3 Å². The highest BCUT2D eigenvalue weighted by Crippen LogP contribution is 2.40. The lowest BCUT2D eigenvalue weighted by molar-refractivity contribution is 0.997. The lowest BCUT2D eigenvalue weighted by atomic mass is 10.1. The van der Waals surface area contributed by atoms with Gasteiger partial charge in [-0.25, -0.2) is 0 Å². The molecule has 1 aromatic heterocycles. The average Bonchev–Trinajstić information content (AvgIpc) is 3.03. The molecule has 0 atom stereocenters. The molecule has 0 fully saturated rings. The minimum Gasteiger partial charge on any atom is -0.311 e. The van der Waals surface area contributed by atoms with Gasteiger partial charge in [0, 0.05) is 43.2 Å². The van der Waals surface area contributed by atoms with Gasteiger partial charge in [0.25, 0.3) is 0 Å². The van der Waals surface area contributed by atoms with Gasteiger partial charge in [0.1, 0.15) is 0 Å². The van der Waals surface area contributed by atoms with Gasteiger partial charge in [0.15, 0.2) is 5.43 Å². The highest BCUT2D eigenvalue weighted by Gasteiger charge is 2.20. The number of benzene rings is 5. The Morgan fingerprint density at radius 3 is 1.80 bits per heavy atom. The molecule has 0 N–H and O–H groups in total. The maximum atomic E-state index is 14.3. The van der Waals surface area contributed by atoms with Gasteiger partial charge in [-0.3, -0.25) is 4.79 Å². The molecular weight excluding hydrogens is 520 g/mol. The van der Waals surface area contributed by atoms with Crippen LogP contribution in [0, 0.1) is 0 Å². The van der Waals surface area contributed by atoms with E-state index in [1.807, 2.05) is 48.5 Å². The van der Waals surface area contributed by atoms with Crippen LogP contribution in [-0.2, 0) is 0 Å². The molecule has 41 heavy (non-hydrogen) atoms. The maximum absolute atomic E-state index is 14.3. The minimum atomic E-state index is 0.0517. The summed E-state index contributed by atoms with van der Waals surface area (Å²) in [6.45, 7) is 0. The summed E-state index contributed by atoms with van der Waals surface area (Å²) in [7, 11) is 0. The summed E-state index contributed by atoms with van der Waals surface area (Å²) in [5.41, 5.74) is 6.26. The van der Waals surface area contributed by atoms with E-state index in [2.05, 4.69) is 107 Å². The topological polar surface area (TPSA) is 23.6 Å². The van der Waals surface area contributed by atoms with Crippen molar-refractivity contribution in [2.24, 2.45) is 0 Å². The molecule has 0 spiro atoms. The molecule has 0 saturated carbocycles. The van der Waals surface area contributed by atoms with Crippen LogP contribution in [0.4, 0.5) is 28.4 Å². The van der Waals surface area contributed by atoms with Crippen LogP contribution < -0.4 is 15.2 Å². The Kier molecular flexibility index (Phi) is 6.67. The lowest BCUT2D eigenvalue weighted by Crippen LogP contribution is -2.16. The Morgan fingerprint density at radius 1 is 0.561 bits per heavy atom. The second-order valence-corrected chi connectivity index (χ2v) is 11.1. The summed E-state index contributed by atoms with van der Waals surface area (Å²) < 4.78 is 1.95. The summed E-state index contributed by atoms with van der Waals surface area (Å²) in [5.74, 6) is 0. The van der Waals surface area contributed by atoms with Crippen molar-refractivity contribution < 1.29 is 0 Å². The molecule has 4 heteroatoms. The number of nitrogens with zero attached hydrogens (tertiary/aromatic N) is 2. The van der Waals surface area contributed by atoms with Gasteiger partial charge in [-0.05, 0) is 85.6 Å². The van der Waals surface area contributed by atoms with Crippen molar-refractivity contribution in [3.8, 4) is 0 Å². The largest absolute Gasteiger partial charge is 0.311 e. The average molecular weight is 549 g/mol. The second-order valence-electron chi connectivity index (χ2n) is 10.0. The molecular formula is C37H28N2OS. The third-order valence-corrected chi connectivity index (χ3v) is 8.55. The minimum absolute atomic E-state index is 0.0517. The predicted molar refractivity (Wildman–Crippen MR) is 175 cm³/mol. The molecule has 0 radical (unpaired) electrons. The third-order valence-electron chi connectivity index (χ3n) is 7.44. The molecule has 1 aliphatic carbocycles. The number of fused-ring (bicyclic) bond motifs is 2. The van der Waals surface area contributed by atoms with Crippen molar-refractivity contribution in [2.75, 3.05) is 9.80 Å². The summed E-state index contributed by atoms with van der Waals surface area (Å²) in [6, 6.07) is 43.3. The Bertz CT molecular complexity index is 1920. The second kappa shape index (κ2) is 10.9. The molecule has 7 rings (SSSR count). The Morgan fingerprint density at radius 2 is 1.20 bits per heavy atom. The quantitative estimate of drug-likeness (QED) is 0.193. The zero-order valence-corrected chi connectivity index (χ0v) is 23.3. The first-order chi connectivity index (χ1) is 20.3. The molecule has 1 heterocycles. The van der Waals surface area contributed by atoms with Crippen LogP contribution in [0.1, 0.15) is 12.8 Å². The van der Waals surface area contributed by atoms with E-state index in [4.69, 9.17) is 0 Å². The normalized spacial score (nSPS) is 12.8. The predicted octanol–water partition coefficient (Wildman–Crippen LogP) is 10.3. The van der Waals surface area contributed by atoms with Crippen molar-refractivity contribution >= 4 is 59.9 Å². The first-order valence-corrected chi connectivity index (χ1v) is 14.7. The highest BCUT2D eigenvalue weighted by molar-refractivity contribution is 7.24. The number of rotatable bonds is 6. The van der Waals surface area contributed by atoms with Crippen molar-refractivity contribution in [3.05, 3.63) is 162 Å². The molecule has 0 aliphatic heterocycles. The monoisotopic (exact) mass is 548 g/mol. The SMILES string of the molecule is O=c1c2ccc(N(C3=CCCC=C3)c3ccccc3)cc2sc2cccc(N(c3ccccc3)c3ccccc3)c12. The fraction of sp³-hybridized carbons (Fsp3) is 0.0541. The molecule has 3 nitrogen and oxygen atoms in total. The van der Waals surface area contributed by atoms with Crippen LogP contribution in [0.5, 0.6) is 0 Å². The Labute approximate surface area is 243 Å². The van der Waals surface area contributed by atoms with E-state index in [0.717, 1.165) is 67.1 Å². The number of allylic oxidation sites excluding steroid dienone is 3. The van der Waals surface area contributed by atoms with Gasteiger partial charge in [-0.1, -0.05) is 72.8 Å². The van der Waals surface area contributed by atoms with Crippen LogP contribution in [0.15, 0.2) is 156 Å². The summed E-state index contributed by atoms with van der Waals surface area (Å²) in [4.78, 5) is 18.7. The molecule has 1 aliphatic rings. The zero-order valence-electron chi connectivity index (χ0n) is 22.5. The van der Waals surface area contributed by atoms with E-state index < -0.39 is 0 Å². The standard InChI is InChI=1S/C37H28N2OS/c40-37-32-25-24-31(38(27-14-5-1-6-15-27)28-16-7-2-8-17-28)26-35(32)41-34-23-13-22-33(36(34)37)39(29-18-9-3-10-19-29)30-20-11-4-12-21-30/h1,3-7,9-26H,2,8H2. The molecule has 0 bridgehead atoms. The van der Waals surface area contributed by atoms with Gasteiger partial charge >= 0.3 is 0 Å². The molecule has 198 valence electrons. The van der Waals surface area contributed by atoms with Crippen LogP contribution in [0.2, 0.25) is 0 Å². The fourth-order valence-electron chi connectivity index (χ4n) is 5.57. The summed E-state index contributed by atoms with van der Waals surface area (Å²) in [5, 5.41) is 1.48.